The lowest BCUT2D eigenvalue weighted by molar-refractivity contribution is -0.116. The fourth-order valence-electron chi connectivity index (χ4n) is 2.96. The molecule has 162 valence electrons. The summed E-state index contributed by atoms with van der Waals surface area (Å²) in [4.78, 5) is 12.1. The highest BCUT2D eigenvalue weighted by Gasteiger charge is 2.14. The third kappa shape index (κ3) is 6.70. The van der Waals surface area contributed by atoms with Crippen molar-refractivity contribution in [2.45, 2.75) is 24.2 Å². The number of benzene rings is 3. The second-order valence-electron chi connectivity index (χ2n) is 6.95. The Morgan fingerprint density at radius 1 is 0.839 bits per heavy atom. The molecule has 31 heavy (non-hydrogen) atoms. The SMILES string of the molecule is O=C(CCc1ccc(S(=O)(=O)NCCc2ccccc2)cc1)Nc1cc(F)ccc1F. The second-order valence-corrected chi connectivity index (χ2v) is 8.72. The predicted molar refractivity (Wildman–Crippen MR) is 115 cm³/mol. The van der Waals surface area contributed by atoms with E-state index in [2.05, 4.69) is 10.0 Å². The summed E-state index contributed by atoms with van der Waals surface area (Å²) in [7, 11) is -3.63. The highest BCUT2D eigenvalue weighted by atomic mass is 32.2. The molecule has 0 saturated heterocycles. The number of sulfonamides is 1. The van der Waals surface area contributed by atoms with Crippen LogP contribution in [0.3, 0.4) is 0 Å². The van der Waals surface area contributed by atoms with Gasteiger partial charge in [0, 0.05) is 19.0 Å². The van der Waals surface area contributed by atoms with Crippen LogP contribution in [-0.2, 0) is 27.7 Å². The number of carbonyl (C=O) groups excluding carboxylic acids is 1. The van der Waals surface area contributed by atoms with Gasteiger partial charge in [0.25, 0.3) is 0 Å². The number of hydrogen-bond donors (Lipinski definition) is 2. The molecule has 0 bridgehead atoms. The molecule has 0 aliphatic heterocycles. The first-order valence-corrected chi connectivity index (χ1v) is 11.2. The van der Waals surface area contributed by atoms with Gasteiger partial charge in [-0.3, -0.25) is 4.79 Å². The van der Waals surface area contributed by atoms with Crippen molar-refractivity contribution in [3.8, 4) is 0 Å². The number of hydrogen-bond acceptors (Lipinski definition) is 3. The minimum Gasteiger partial charge on any atom is -0.324 e. The fourth-order valence-corrected chi connectivity index (χ4v) is 3.99. The van der Waals surface area contributed by atoms with Crippen molar-refractivity contribution in [3.63, 3.8) is 0 Å². The Bertz CT molecular complexity index is 1140. The molecule has 5 nitrogen and oxygen atoms in total. The van der Waals surface area contributed by atoms with E-state index >= 15 is 0 Å². The number of rotatable bonds is 9. The molecule has 8 heteroatoms. The summed E-state index contributed by atoms with van der Waals surface area (Å²) in [5.74, 6) is -1.83. The molecule has 0 atom stereocenters. The monoisotopic (exact) mass is 444 g/mol. The van der Waals surface area contributed by atoms with Gasteiger partial charge in [0.05, 0.1) is 10.6 Å². The minimum atomic E-state index is -3.63. The van der Waals surface area contributed by atoms with Crippen molar-refractivity contribution in [2.75, 3.05) is 11.9 Å². The number of carbonyl (C=O) groups is 1. The Labute approximate surface area is 180 Å². The standard InChI is InChI=1S/C23H22F2N2O3S/c24-19-9-12-21(25)22(16-19)27-23(28)13-8-18-6-10-20(11-7-18)31(29,30)26-15-14-17-4-2-1-3-5-17/h1-7,9-12,16,26H,8,13-15H2,(H,27,28). The van der Waals surface area contributed by atoms with Crippen LogP contribution in [0.5, 0.6) is 0 Å². The van der Waals surface area contributed by atoms with Gasteiger partial charge in [-0.2, -0.15) is 0 Å². The summed E-state index contributed by atoms with van der Waals surface area (Å²) in [5.41, 5.74) is 1.57. The van der Waals surface area contributed by atoms with Crippen LogP contribution in [0.25, 0.3) is 0 Å². The maximum absolute atomic E-state index is 13.6. The molecule has 1 amide bonds. The van der Waals surface area contributed by atoms with E-state index in [1.165, 1.54) is 12.1 Å². The maximum Gasteiger partial charge on any atom is 0.240 e. The van der Waals surface area contributed by atoms with Crippen LogP contribution in [0, 0.1) is 11.6 Å². The third-order valence-corrected chi connectivity index (χ3v) is 6.10. The van der Waals surface area contributed by atoms with Crippen LogP contribution in [-0.4, -0.2) is 20.9 Å². The zero-order chi connectivity index (χ0) is 22.3. The number of nitrogens with one attached hydrogen (secondary N) is 2. The summed E-state index contributed by atoms with van der Waals surface area (Å²) in [6.45, 7) is 0.283. The molecule has 3 aromatic carbocycles. The van der Waals surface area contributed by atoms with Gasteiger partial charge >= 0.3 is 0 Å². The van der Waals surface area contributed by atoms with E-state index < -0.39 is 27.6 Å². The van der Waals surface area contributed by atoms with Gasteiger partial charge in [0.2, 0.25) is 15.9 Å². The first-order valence-electron chi connectivity index (χ1n) is 9.71. The van der Waals surface area contributed by atoms with Gasteiger partial charge in [-0.25, -0.2) is 21.9 Å². The average Bonchev–Trinajstić information content (AvgIpc) is 2.76. The van der Waals surface area contributed by atoms with Crippen LogP contribution in [0.15, 0.2) is 77.7 Å². The van der Waals surface area contributed by atoms with Crippen LogP contribution >= 0.6 is 0 Å². The van der Waals surface area contributed by atoms with Gasteiger partial charge in [-0.1, -0.05) is 42.5 Å². The van der Waals surface area contributed by atoms with E-state index in [1.807, 2.05) is 30.3 Å². The Morgan fingerprint density at radius 3 is 2.23 bits per heavy atom. The highest BCUT2D eigenvalue weighted by molar-refractivity contribution is 7.89. The van der Waals surface area contributed by atoms with Crippen molar-refractivity contribution < 1.29 is 22.0 Å². The smallest absolute Gasteiger partial charge is 0.240 e. The topological polar surface area (TPSA) is 75.3 Å². The average molecular weight is 445 g/mol. The lowest BCUT2D eigenvalue weighted by atomic mass is 10.1. The molecule has 0 saturated carbocycles. The number of aryl methyl sites for hydroxylation is 1. The van der Waals surface area contributed by atoms with Crippen molar-refractivity contribution in [1.82, 2.24) is 4.72 Å². The molecule has 3 rings (SSSR count). The van der Waals surface area contributed by atoms with Gasteiger partial charge < -0.3 is 5.32 Å². The number of halogens is 2. The molecule has 0 spiro atoms. The molecule has 0 aliphatic rings. The van der Waals surface area contributed by atoms with E-state index in [-0.39, 0.29) is 23.5 Å². The normalized spacial score (nSPS) is 11.3. The lowest BCUT2D eigenvalue weighted by Gasteiger charge is -2.09. The van der Waals surface area contributed by atoms with Crippen LogP contribution in [0.2, 0.25) is 0 Å². The highest BCUT2D eigenvalue weighted by Crippen LogP contribution is 2.16. The van der Waals surface area contributed by atoms with Crippen LogP contribution in [0.4, 0.5) is 14.5 Å². The minimum absolute atomic E-state index is 0.0391. The molecule has 0 heterocycles. The second kappa shape index (κ2) is 10.3. The zero-order valence-electron chi connectivity index (χ0n) is 16.6. The van der Waals surface area contributed by atoms with Gasteiger partial charge in [0.15, 0.2) is 0 Å². The van der Waals surface area contributed by atoms with Crippen molar-refractivity contribution in [3.05, 3.63) is 95.6 Å². The van der Waals surface area contributed by atoms with Crippen molar-refractivity contribution >= 4 is 21.6 Å². The zero-order valence-corrected chi connectivity index (χ0v) is 17.5. The van der Waals surface area contributed by atoms with Crippen LogP contribution in [0.1, 0.15) is 17.5 Å². The van der Waals surface area contributed by atoms with Crippen molar-refractivity contribution in [2.24, 2.45) is 0 Å². The molecule has 0 unspecified atom stereocenters. The molecular formula is C23H22F2N2O3S. The van der Waals surface area contributed by atoms with E-state index in [0.717, 1.165) is 29.3 Å². The van der Waals surface area contributed by atoms with E-state index in [0.29, 0.717) is 12.8 Å². The summed E-state index contributed by atoms with van der Waals surface area (Å²) < 4.78 is 54.2. The summed E-state index contributed by atoms with van der Waals surface area (Å²) in [5, 5.41) is 2.33. The fraction of sp³-hybridized carbons (Fsp3) is 0.174. The van der Waals surface area contributed by atoms with Gasteiger partial charge in [0.1, 0.15) is 11.6 Å². The molecular weight excluding hydrogens is 422 g/mol. The third-order valence-electron chi connectivity index (χ3n) is 4.63. The summed E-state index contributed by atoms with van der Waals surface area (Å²) in [6, 6.07) is 18.6. The maximum atomic E-state index is 13.6. The quantitative estimate of drug-likeness (QED) is 0.523. The lowest BCUT2D eigenvalue weighted by Crippen LogP contribution is -2.26. The Kier molecular flexibility index (Phi) is 7.49. The van der Waals surface area contributed by atoms with Crippen molar-refractivity contribution in [1.29, 1.82) is 0 Å². The first-order chi connectivity index (χ1) is 14.8. The van der Waals surface area contributed by atoms with E-state index in [9.17, 15) is 22.0 Å². The van der Waals surface area contributed by atoms with E-state index in [1.54, 1.807) is 12.1 Å². The molecule has 0 fully saturated rings. The first kappa shape index (κ1) is 22.6. The number of amides is 1. The van der Waals surface area contributed by atoms with Crippen LogP contribution < -0.4 is 10.0 Å². The Balaban J connectivity index is 1.50. The number of anilines is 1. The predicted octanol–water partition coefficient (Wildman–Crippen LogP) is 4.06. The molecule has 0 radical (unpaired) electrons. The summed E-state index contributed by atoms with van der Waals surface area (Å²) in [6.07, 6.45) is 0.946. The van der Waals surface area contributed by atoms with E-state index in [4.69, 9.17) is 0 Å². The molecule has 3 aromatic rings. The molecule has 2 N–H and O–H groups in total. The van der Waals surface area contributed by atoms with Gasteiger partial charge in [-0.05, 0) is 48.2 Å². The molecule has 0 aliphatic carbocycles. The largest absolute Gasteiger partial charge is 0.324 e. The Morgan fingerprint density at radius 2 is 1.52 bits per heavy atom. The molecule has 0 aromatic heterocycles. The van der Waals surface area contributed by atoms with Gasteiger partial charge in [-0.15, -0.1) is 0 Å². The summed E-state index contributed by atoms with van der Waals surface area (Å²) >= 11 is 0. The Hall–Kier alpha value is -3.10.